The summed E-state index contributed by atoms with van der Waals surface area (Å²) in [5.74, 6) is 0.140. The van der Waals surface area contributed by atoms with Crippen molar-refractivity contribution in [3.05, 3.63) is 34.6 Å². The lowest BCUT2D eigenvalue weighted by molar-refractivity contribution is 0.149. The van der Waals surface area contributed by atoms with E-state index in [0.29, 0.717) is 17.5 Å². The topological polar surface area (TPSA) is 21.3 Å². The molecule has 1 N–H and O–H groups in total. The Morgan fingerprint density at radius 1 is 1.42 bits per heavy atom. The lowest BCUT2D eigenvalue weighted by Gasteiger charge is -2.23. The summed E-state index contributed by atoms with van der Waals surface area (Å²) in [6.07, 6.45) is 1.90. The van der Waals surface area contributed by atoms with Crippen molar-refractivity contribution in [2.45, 2.75) is 32.7 Å². The van der Waals surface area contributed by atoms with E-state index in [1.54, 1.807) is 13.2 Å². The fourth-order valence-corrected chi connectivity index (χ4v) is 2.42. The second-order valence-corrected chi connectivity index (χ2v) is 5.38. The highest BCUT2D eigenvalue weighted by Gasteiger charge is 2.18. The zero-order chi connectivity index (χ0) is 14.3. The average molecular weight is 288 g/mol. The molecular weight excluding hydrogens is 265 g/mol. The molecule has 1 rings (SSSR count). The van der Waals surface area contributed by atoms with Crippen molar-refractivity contribution in [3.8, 4) is 0 Å². The molecule has 0 bridgehead atoms. The molecule has 2 unspecified atom stereocenters. The predicted octanol–water partition coefficient (Wildman–Crippen LogP) is 4.19. The van der Waals surface area contributed by atoms with Crippen LogP contribution in [0.15, 0.2) is 18.2 Å². The van der Waals surface area contributed by atoms with Crippen LogP contribution < -0.4 is 5.32 Å². The van der Waals surface area contributed by atoms with E-state index in [9.17, 15) is 4.39 Å². The van der Waals surface area contributed by atoms with Crippen LogP contribution in [0.3, 0.4) is 0 Å². The standard InChI is InChI=1S/C15H23ClFNO/c1-4-7-18-15(8-11(2)10-19-3)13-9-12(17)5-6-14(13)16/h5-6,9,11,15,18H,4,7-8,10H2,1-3H3. The Labute approximate surface area is 120 Å². The van der Waals surface area contributed by atoms with E-state index in [2.05, 4.69) is 19.2 Å². The van der Waals surface area contributed by atoms with E-state index < -0.39 is 0 Å². The van der Waals surface area contributed by atoms with Crippen molar-refractivity contribution in [2.24, 2.45) is 5.92 Å². The first kappa shape index (κ1) is 16.4. The fourth-order valence-electron chi connectivity index (χ4n) is 2.18. The minimum Gasteiger partial charge on any atom is -0.384 e. The second-order valence-electron chi connectivity index (χ2n) is 4.97. The highest BCUT2D eigenvalue weighted by molar-refractivity contribution is 6.31. The van der Waals surface area contributed by atoms with Gasteiger partial charge in [0, 0.05) is 24.8 Å². The fraction of sp³-hybridized carbons (Fsp3) is 0.600. The van der Waals surface area contributed by atoms with Crippen molar-refractivity contribution in [3.63, 3.8) is 0 Å². The summed E-state index contributed by atoms with van der Waals surface area (Å²) in [6, 6.07) is 4.60. The van der Waals surface area contributed by atoms with Gasteiger partial charge in [0.25, 0.3) is 0 Å². The van der Waals surface area contributed by atoms with Crippen LogP contribution >= 0.6 is 11.6 Å². The molecular formula is C15H23ClFNO. The van der Waals surface area contributed by atoms with Crippen LogP contribution in [-0.4, -0.2) is 20.3 Å². The van der Waals surface area contributed by atoms with Gasteiger partial charge < -0.3 is 10.1 Å². The maximum atomic E-state index is 13.4. The van der Waals surface area contributed by atoms with Gasteiger partial charge >= 0.3 is 0 Å². The largest absolute Gasteiger partial charge is 0.384 e. The summed E-state index contributed by atoms with van der Waals surface area (Å²) in [5.41, 5.74) is 0.832. The molecule has 1 aromatic carbocycles. The number of ether oxygens (including phenoxy) is 1. The molecule has 0 spiro atoms. The summed E-state index contributed by atoms with van der Waals surface area (Å²) in [7, 11) is 1.69. The molecule has 0 heterocycles. The molecule has 0 saturated heterocycles. The van der Waals surface area contributed by atoms with Crippen LogP contribution in [0.2, 0.25) is 5.02 Å². The Hall–Kier alpha value is -0.640. The molecule has 0 fully saturated rings. The number of methoxy groups -OCH3 is 1. The van der Waals surface area contributed by atoms with Crippen LogP contribution in [0.1, 0.15) is 38.3 Å². The lowest BCUT2D eigenvalue weighted by Crippen LogP contribution is -2.25. The lowest BCUT2D eigenvalue weighted by atomic mass is 9.96. The highest BCUT2D eigenvalue weighted by Crippen LogP contribution is 2.28. The van der Waals surface area contributed by atoms with Crippen LogP contribution in [-0.2, 0) is 4.74 Å². The third-order valence-corrected chi connectivity index (χ3v) is 3.41. The first-order valence-corrected chi connectivity index (χ1v) is 7.13. The second kappa shape index (κ2) is 8.51. The molecule has 0 amide bonds. The number of nitrogens with one attached hydrogen (secondary N) is 1. The number of halogens is 2. The van der Waals surface area contributed by atoms with Crippen LogP contribution in [0.5, 0.6) is 0 Å². The number of hydrogen-bond acceptors (Lipinski definition) is 2. The van der Waals surface area contributed by atoms with Gasteiger partial charge in [0.05, 0.1) is 0 Å². The quantitative estimate of drug-likeness (QED) is 0.774. The number of hydrogen-bond donors (Lipinski definition) is 1. The van der Waals surface area contributed by atoms with Gasteiger partial charge in [0.15, 0.2) is 0 Å². The normalized spacial score (nSPS) is 14.4. The van der Waals surface area contributed by atoms with Crippen LogP contribution in [0.4, 0.5) is 4.39 Å². The van der Waals surface area contributed by atoms with Gasteiger partial charge in [-0.2, -0.15) is 0 Å². The third kappa shape index (κ3) is 5.47. The molecule has 0 radical (unpaired) electrons. The molecule has 2 atom stereocenters. The molecule has 0 aliphatic rings. The maximum absolute atomic E-state index is 13.4. The number of rotatable bonds is 8. The van der Waals surface area contributed by atoms with Gasteiger partial charge in [-0.15, -0.1) is 0 Å². The Kier molecular flexibility index (Phi) is 7.36. The molecule has 108 valence electrons. The first-order valence-electron chi connectivity index (χ1n) is 6.75. The van der Waals surface area contributed by atoms with Crippen LogP contribution in [0, 0.1) is 11.7 Å². The van der Waals surface area contributed by atoms with E-state index in [1.807, 2.05) is 0 Å². The van der Waals surface area contributed by atoms with E-state index in [4.69, 9.17) is 16.3 Å². The summed E-state index contributed by atoms with van der Waals surface area (Å²) >= 11 is 6.19. The minimum atomic E-state index is -0.248. The third-order valence-electron chi connectivity index (χ3n) is 3.06. The van der Waals surface area contributed by atoms with E-state index >= 15 is 0 Å². The molecule has 1 aromatic rings. The summed E-state index contributed by atoms with van der Waals surface area (Å²) in [4.78, 5) is 0. The average Bonchev–Trinajstić information content (AvgIpc) is 2.38. The molecule has 0 aliphatic heterocycles. The maximum Gasteiger partial charge on any atom is 0.123 e. The SMILES string of the molecule is CCCNC(CC(C)COC)c1cc(F)ccc1Cl. The zero-order valence-corrected chi connectivity index (χ0v) is 12.6. The van der Waals surface area contributed by atoms with Gasteiger partial charge in [-0.05, 0) is 49.1 Å². The minimum absolute atomic E-state index is 0.0632. The Morgan fingerprint density at radius 3 is 2.79 bits per heavy atom. The Balaban J connectivity index is 2.85. The van der Waals surface area contributed by atoms with Crippen molar-refractivity contribution >= 4 is 11.6 Å². The van der Waals surface area contributed by atoms with Gasteiger partial charge in [0.1, 0.15) is 5.82 Å². The molecule has 0 aliphatic carbocycles. The van der Waals surface area contributed by atoms with Gasteiger partial charge in [-0.3, -0.25) is 0 Å². The van der Waals surface area contributed by atoms with Crippen LogP contribution in [0.25, 0.3) is 0 Å². The Morgan fingerprint density at radius 2 is 2.16 bits per heavy atom. The Bertz CT molecular complexity index is 386. The number of benzene rings is 1. The molecule has 0 saturated carbocycles. The molecule has 19 heavy (non-hydrogen) atoms. The van der Waals surface area contributed by atoms with Crippen molar-refractivity contribution in [2.75, 3.05) is 20.3 Å². The van der Waals surface area contributed by atoms with Gasteiger partial charge in [0.2, 0.25) is 0 Å². The monoisotopic (exact) mass is 287 g/mol. The molecule has 4 heteroatoms. The summed E-state index contributed by atoms with van der Waals surface area (Å²) in [5, 5.41) is 4.05. The van der Waals surface area contributed by atoms with E-state index in [1.165, 1.54) is 12.1 Å². The smallest absolute Gasteiger partial charge is 0.123 e. The van der Waals surface area contributed by atoms with Crippen molar-refractivity contribution < 1.29 is 9.13 Å². The summed E-state index contributed by atoms with van der Waals surface area (Å²) < 4.78 is 18.6. The zero-order valence-electron chi connectivity index (χ0n) is 11.9. The van der Waals surface area contributed by atoms with E-state index in [0.717, 1.165) is 24.9 Å². The molecule has 0 aromatic heterocycles. The predicted molar refractivity (Wildman–Crippen MR) is 78.1 cm³/mol. The highest BCUT2D eigenvalue weighted by atomic mass is 35.5. The van der Waals surface area contributed by atoms with Gasteiger partial charge in [-0.25, -0.2) is 4.39 Å². The van der Waals surface area contributed by atoms with Crippen molar-refractivity contribution in [1.82, 2.24) is 5.32 Å². The first-order chi connectivity index (χ1) is 9.08. The summed E-state index contributed by atoms with van der Waals surface area (Å²) in [6.45, 7) is 5.81. The van der Waals surface area contributed by atoms with Crippen molar-refractivity contribution in [1.29, 1.82) is 0 Å². The molecule has 2 nitrogen and oxygen atoms in total. The van der Waals surface area contributed by atoms with Gasteiger partial charge in [-0.1, -0.05) is 25.4 Å². The van der Waals surface area contributed by atoms with E-state index in [-0.39, 0.29) is 11.9 Å².